The number of rotatable bonds is 5. The summed E-state index contributed by atoms with van der Waals surface area (Å²) in [5.74, 6) is -1.35. The van der Waals surface area contributed by atoms with Crippen LogP contribution in [-0.2, 0) is 16.9 Å². The summed E-state index contributed by atoms with van der Waals surface area (Å²) in [7, 11) is 0. The zero-order valence-electron chi connectivity index (χ0n) is 16.5. The van der Waals surface area contributed by atoms with E-state index in [1.54, 1.807) is 41.6 Å². The Bertz CT molecular complexity index is 1170. The van der Waals surface area contributed by atoms with Gasteiger partial charge in [-0.2, -0.15) is 0 Å². The average Bonchev–Trinajstić information content (AvgIpc) is 2.96. The lowest BCUT2D eigenvalue weighted by Gasteiger charge is -2.27. The van der Waals surface area contributed by atoms with Crippen molar-refractivity contribution in [1.82, 2.24) is 5.48 Å². The number of carbonyl (C=O) groups is 2. The first-order valence-corrected chi connectivity index (χ1v) is 9.89. The summed E-state index contributed by atoms with van der Waals surface area (Å²) in [5, 5.41) is 12.5. The SMILES string of the molecule is CC1(Nc2ccc(C(=O)NO)cc2)C(=O)N(Cc2ccccc2Cl)c2ccc(F)cc21. The number of anilines is 2. The Hall–Kier alpha value is -3.42. The Kier molecular flexibility index (Phi) is 5.39. The van der Waals surface area contributed by atoms with E-state index in [0.29, 0.717) is 22.0 Å². The molecule has 3 N–H and O–H groups in total. The van der Waals surface area contributed by atoms with Crippen LogP contribution in [0, 0.1) is 5.82 Å². The smallest absolute Gasteiger partial charge is 0.274 e. The van der Waals surface area contributed by atoms with Crippen LogP contribution in [0.4, 0.5) is 15.8 Å². The summed E-state index contributed by atoms with van der Waals surface area (Å²) >= 11 is 6.29. The number of nitrogens with zero attached hydrogens (tertiary/aromatic N) is 1. The van der Waals surface area contributed by atoms with E-state index in [4.69, 9.17) is 16.8 Å². The van der Waals surface area contributed by atoms with Gasteiger partial charge < -0.3 is 10.2 Å². The molecule has 0 spiro atoms. The highest BCUT2D eigenvalue weighted by atomic mass is 35.5. The molecule has 3 aromatic rings. The Morgan fingerprint density at radius 1 is 1.13 bits per heavy atom. The molecule has 1 aliphatic heterocycles. The van der Waals surface area contributed by atoms with Gasteiger partial charge in [-0.25, -0.2) is 9.87 Å². The van der Waals surface area contributed by atoms with E-state index in [1.807, 2.05) is 18.2 Å². The maximum Gasteiger partial charge on any atom is 0.274 e. The van der Waals surface area contributed by atoms with Crippen molar-refractivity contribution in [2.24, 2.45) is 0 Å². The van der Waals surface area contributed by atoms with Crippen LogP contribution in [0.25, 0.3) is 0 Å². The summed E-state index contributed by atoms with van der Waals surface area (Å²) in [6.45, 7) is 1.93. The van der Waals surface area contributed by atoms with Gasteiger partial charge in [-0.15, -0.1) is 0 Å². The summed E-state index contributed by atoms with van der Waals surface area (Å²) in [6.07, 6.45) is 0. The van der Waals surface area contributed by atoms with Gasteiger partial charge in [0.15, 0.2) is 0 Å². The summed E-state index contributed by atoms with van der Waals surface area (Å²) in [4.78, 5) is 26.7. The number of benzene rings is 3. The molecule has 6 nitrogen and oxygen atoms in total. The second-order valence-electron chi connectivity index (χ2n) is 7.41. The Morgan fingerprint density at radius 3 is 2.52 bits per heavy atom. The van der Waals surface area contributed by atoms with E-state index in [2.05, 4.69) is 5.32 Å². The molecule has 0 fully saturated rings. The monoisotopic (exact) mass is 439 g/mol. The average molecular weight is 440 g/mol. The van der Waals surface area contributed by atoms with Gasteiger partial charge in [-0.1, -0.05) is 29.8 Å². The molecule has 1 atom stereocenters. The quantitative estimate of drug-likeness (QED) is 0.404. The molecule has 158 valence electrons. The number of halogens is 2. The van der Waals surface area contributed by atoms with Gasteiger partial charge in [0.25, 0.3) is 11.8 Å². The van der Waals surface area contributed by atoms with Gasteiger partial charge in [-0.3, -0.25) is 14.8 Å². The van der Waals surface area contributed by atoms with Crippen molar-refractivity contribution in [2.45, 2.75) is 19.0 Å². The standard InChI is InChI=1S/C23H19ClFN3O3/c1-23(26-17-9-6-14(7-10-17)21(29)27-31)18-12-16(25)8-11-20(18)28(22(23)30)13-15-4-2-3-5-19(15)24/h2-12,26,31H,13H2,1H3,(H,27,29). The fourth-order valence-electron chi connectivity index (χ4n) is 3.77. The van der Waals surface area contributed by atoms with E-state index >= 15 is 0 Å². The second kappa shape index (κ2) is 8.02. The molecule has 0 bridgehead atoms. The van der Waals surface area contributed by atoms with Crippen LogP contribution in [0.15, 0.2) is 66.7 Å². The van der Waals surface area contributed by atoms with Crippen molar-refractivity contribution >= 4 is 34.8 Å². The molecule has 3 aromatic carbocycles. The molecular weight excluding hydrogens is 421 g/mol. The highest BCUT2D eigenvalue weighted by molar-refractivity contribution is 6.31. The van der Waals surface area contributed by atoms with Crippen molar-refractivity contribution in [3.63, 3.8) is 0 Å². The van der Waals surface area contributed by atoms with Crippen LogP contribution < -0.4 is 15.7 Å². The topological polar surface area (TPSA) is 81.7 Å². The molecule has 0 aromatic heterocycles. The first kappa shape index (κ1) is 20.8. The summed E-state index contributed by atoms with van der Waals surface area (Å²) < 4.78 is 14.1. The minimum atomic E-state index is -1.24. The van der Waals surface area contributed by atoms with E-state index in [0.717, 1.165) is 5.56 Å². The van der Waals surface area contributed by atoms with Gasteiger partial charge in [0.2, 0.25) is 0 Å². The van der Waals surface area contributed by atoms with Crippen molar-refractivity contribution in [1.29, 1.82) is 0 Å². The van der Waals surface area contributed by atoms with Crippen LogP contribution in [-0.4, -0.2) is 17.0 Å². The molecule has 1 aliphatic rings. The molecule has 0 saturated carbocycles. The van der Waals surface area contributed by atoms with Gasteiger partial charge in [0.05, 0.1) is 12.2 Å². The minimum Gasteiger partial charge on any atom is -0.368 e. The number of hydroxylamine groups is 1. The van der Waals surface area contributed by atoms with Crippen molar-refractivity contribution < 1.29 is 19.2 Å². The van der Waals surface area contributed by atoms with Gasteiger partial charge in [-0.05, 0) is 61.0 Å². The molecule has 31 heavy (non-hydrogen) atoms. The Labute approximate surface area is 183 Å². The van der Waals surface area contributed by atoms with Crippen LogP contribution in [0.2, 0.25) is 5.02 Å². The fourth-order valence-corrected chi connectivity index (χ4v) is 3.97. The summed E-state index contributed by atoms with van der Waals surface area (Å²) in [6, 6.07) is 17.7. The Morgan fingerprint density at radius 2 is 1.84 bits per heavy atom. The first-order valence-electron chi connectivity index (χ1n) is 9.51. The van der Waals surface area contributed by atoms with Gasteiger partial charge >= 0.3 is 0 Å². The normalized spacial score (nSPS) is 17.4. The van der Waals surface area contributed by atoms with Crippen LogP contribution in [0.1, 0.15) is 28.4 Å². The maximum absolute atomic E-state index is 14.1. The maximum atomic E-state index is 14.1. The van der Waals surface area contributed by atoms with E-state index in [1.165, 1.54) is 24.3 Å². The number of amides is 2. The highest BCUT2D eigenvalue weighted by Crippen LogP contribution is 2.43. The molecular formula is C23H19ClFN3O3. The third-order valence-electron chi connectivity index (χ3n) is 5.39. The predicted molar refractivity (Wildman–Crippen MR) is 116 cm³/mol. The molecule has 0 saturated heterocycles. The van der Waals surface area contributed by atoms with Crippen molar-refractivity contribution in [3.05, 3.63) is 94.3 Å². The predicted octanol–water partition coefficient (Wildman–Crippen LogP) is 4.47. The lowest BCUT2D eigenvalue weighted by Crippen LogP contribution is -2.43. The number of hydrogen-bond donors (Lipinski definition) is 3. The zero-order valence-corrected chi connectivity index (χ0v) is 17.3. The second-order valence-corrected chi connectivity index (χ2v) is 7.82. The largest absolute Gasteiger partial charge is 0.368 e. The van der Waals surface area contributed by atoms with E-state index < -0.39 is 17.3 Å². The van der Waals surface area contributed by atoms with Gasteiger partial charge in [0, 0.05) is 21.8 Å². The molecule has 1 heterocycles. The van der Waals surface area contributed by atoms with Gasteiger partial charge in [0.1, 0.15) is 11.4 Å². The molecule has 0 aliphatic carbocycles. The van der Waals surface area contributed by atoms with Crippen LogP contribution in [0.3, 0.4) is 0 Å². The number of nitrogens with one attached hydrogen (secondary N) is 2. The van der Waals surface area contributed by atoms with Crippen molar-refractivity contribution in [2.75, 3.05) is 10.2 Å². The highest BCUT2D eigenvalue weighted by Gasteiger charge is 2.48. The van der Waals surface area contributed by atoms with Crippen LogP contribution >= 0.6 is 11.6 Å². The first-order chi connectivity index (χ1) is 14.8. The third kappa shape index (κ3) is 3.73. The fraction of sp³-hybridized carbons (Fsp3) is 0.130. The minimum absolute atomic E-state index is 0.240. The molecule has 1 unspecified atom stereocenters. The lowest BCUT2D eigenvalue weighted by molar-refractivity contribution is -0.121. The summed E-state index contributed by atoms with van der Waals surface area (Å²) in [5.41, 5.74) is 3.01. The van der Waals surface area contributed by atoms with E-state index in [9.17, 15) is 14.0 Å². The lowest BCUT2D eigenvalue weighted by atomic mass is 9.93. The van der Waals surface area contributed by atoms with E-state index in [-0.39, 0.29) is 18.0 Å². The molecule has 4 rings (SSSR count). The number of hydrogen-bond acceptors (Lipinski definition) is 4. The zero-order chi connectivity index (χ0) is 22.2. The van der Waals surface area contributed by atoms with Crippen molar-refractivity contribution in [3.8, 4) is 0 Å². The number of carbonyl (C=O) groups excluding carboxylic acids is 2. The van der Waals surface area contributed by atoms with Crippen LogP contribution in [0.5, 0.6) is 0 Å². The molecule has 2 amide bonds. The Balaban J connectivity index is 1.70. The molecule has 8 heteroatoms. The molecule has 0 radical (unpaired) electrons. The number of fused-ring (bicyclic) bond motifs is 1. The third-order valence-corrected chi connectivity index (χ3v) is 5.76.